The normalized spacial score (nSPS) is 11.1. The molecule has 0 unspecified atom stereocenters. The van der Waals surface area contributed by atoms with Gasteiger partial charge in [0.2, 0.25) is 0 Å². The third-order valence-corrected chi connectivity index (χ3v) is 4.53. The van der Waals surface area contributed by atoms with Crippen LogP contribution in [0.4, 0.5) is 11.5 Å². The largest absolute Gasteiger partial charge is 0.368 e. The molecule has 0 aliphatic rings. The van der Waals surface area contributed by atoms with Crippen molar-refractivity contribution in [2.24, 2.45) is 0 Å². The Morgan fingerprint density at radius 2 is 1.85 bits per heavy atom. The molecule has 0 atom stereocenters. The van der Waals surface area contributed by atoms with Crippen LogP contribution in [0.3, 0.4) is 0 Å². The Morgan fingerprint density at radius 1 is 1.07 bits per heavy atom. The van der Waals surface area contributed by atoms with E-state index in [0.29, 0.717) is 11.4 Å². The lowest BCUT2D eigenvalue weighted by molar-refractivity contribution is -0.384. The molecule has 1 N–H and O–H groups in total. The molecule has 0 bridgehead atoms. The number of benzene rings is 2. The maximum absolute atomic E-state index is 11.1. The predicted molar refractivity (Wildman–Crippen MR) is 108 cm³/mol. The molecule has 3 aromatic rings. The smallest absolute Gasteiger partial charge is 0.270 e. The summed E-state index contributed by atoms with van der Waals surface area (Å²) in [6.45, 7) is 7.96. The van der Waals surface area contributed by atoms with Crippen LogP contribution in [-0.2, 0) is 0 Å². The first-order valence-electron chi connectivity index (χ1n) is 9.10. The number of anilines is 1. The summed E-state index contributed by atoms with van der Waals surface area (Å²) in [5.74, 6) is 1.22. The van der Waals surface area contributed by atoms with Crippen LogP contribution in [0, 0.1) is 10.1 Å². The second kappa shape index (κ2) is 8.55. The highest BCUT2D eigenvalue weighted by Gasteiger charge is 2.12. The number of non-ortho nitro benzene ring substituents is 1. The van der Waals surface area contributed by atoms with Crippen LogP contribution < -0.4 is 5.32 Å². The van der Waals surface area contributed by atoms with Gasteiger partial charge in [0.1, 0.15) is 5.82 Å². The van der Waals surface area contributed by atoms with E-state index in [2.05, 4.69) is 34.0 Å². The van der Waals surface area contributed by atoms with Gasteiger partial charge in [0, 0.05) is 36.2 Å². The molecule has 2 aromatic carbocycles. The molecule has 140 valence electrons. The molecule has 0 saturated heterocycles. The third kappa shape index (κ3) is 4.38. The molecule has 3 rings (SSSR count). The van der Waals surface area contributed by atoms with Crippen LogP contribution in [0.25, 0.3) is 22.3 Å². The van der Waals surface area contributed by atoms with Gasteiger partial charge in [-0.15, -0.1) is 0 Å². The van der Waals surface area contributed by atoms with E-state index < -0.39 is 4.92 Å². The second-order valence-corrected chi connectivity index (χ2v) is 6.17. The SMILES string of the molecule is CCN(CC)CCNc1nc(-c2cccc([N+](=O)[O-])c2)nc2ccccc12. The lowest BCUT2D eigenvalue weighted by Crippen LogP contribution is -2.28. The molecule has 0 radical (unpaired) electrons. The zero-order valence-electron chi connectivity index (χ0n) is 15.6. The summed E-state index contributed by atoms with van der Waals surface area (Å²) < 4.78 is 0. The van der Waals surface area contributed by atoms with Gasteiger partial charge in [0.15, 0.2) is 5.82 Å². The minimum Gasteiger partial charge on any atom is -0.368 e. The highest BCUT2D eigenvalue weighted by atomic mass is 16.6. The zero-order chi connectivity index (χ0) is 19.2. The molecule has 0 aliphatic heterocycles. The van der Waals surface area contributed by atoms with E-state index in [1.807, 2.05) is 24.3 Å². The van der Waals surface area contributed by atoms with E-state index in [1.165, 1.54) is 12.1 Å². The minimum absolute atomic E-state index is 0.0281. The number of nitro groups is 1. The summed E-state index contributed by atoms with van der Waals surface area (Å²) in [6.07, 6.45) is 0. The average Bonchev–Trinajstić information content (AvgIpc) is 2.71. The van der Waals surface area contributed by atoms with Crippen molar-refractivity contribution < 1.29 is 4.92 Å². The second-order valence-electron chi connectivity index (χ2n) is 6.17. The van der Waals surface area contributed by atoms with Crippen molar-refractivity contribution in [3.8, 4) is 11.4 Å². The van der Waals surface area contributed by atoms with Gasteiger partial charge >= 0.3 is 0 Å². The van der Waals surface area contributed by atoms with Gasteiger partial charge in [-0.25, -0.2) is 9.97 Å². The van der Waals surface area contributed by atoms with Crippen molar-refractivity contribution in [1.82, 2.24) is 14.9 Å². The van der Waals surface area contributed by atoms with Crippen LogP contribution >= 0.6 is 0 Å². The highest BCUT2D eigenvalue weighted by Crippen LogP contribution is 2.26. The molecule has 7 nitrogen and oxygen atoms in total. The van der Waals surface area contributed by atoms with Crippen molar-refractivity contribution in [2.75, 3.05) is 31.5 Å². The summed E-state index contributed by atoms with van der Waals surface area (Å²) in [7, 11) is 0. The van der Waals surface area contributed by atoms with E-state index in [-0.39, 0.29) is 5.69 Å². The molecule has 27 heavy (non-hydrogen) atoms. The van der Waals surface area contributed by atoms with Gasteiger partial charge in [0.25, 0.3) is 5.69 Å². The fourth-order valence-electron chi connectivity index (χ4n) is 2.97. The van der Waals surface area contributed by atoms with Crippen LogP contribution in [0.5, 0.6) is 0 Å². The van der Waals surface area contributed by atoms with Crippen molar-refractivity contribution in [1.29, 1.82) is 0 Å². The van der Waals surface area contributed by atoms with E-state index in [1.54, 1.807) is 12.1 Å². The van der Waals surface area contributed by atoms with Gasteiger partial charge in [0.05, 0.1) is 10.4 Å². The first kappa shape index (κ1) is 18.7. The number of para-hydroxylation sites is 1. The Bertz CT molecular complexity index is 941. The maximum atomic E-state index is 11.1. The van der Waals surface area contributed by atoms with Gasteiger partial charge < -0.3 is 10.2 Å². The first-order valence-corrected chi connectivity index (χ1v) is 9.10. The maximum Gasteiger partial charge on any atom is 0.270 e. The van der Waals surface area contributed by atoms with Crippen molar-refractivity contribution in [3.05, 3.63) is 58.6 Å². The number of hydrogen-bond acceptors (Lipinski definition) is 6. The van der Waals surface area contributed by atoms with Crippen LogP contribution in [-0.4, -0.2) is 46.0 Å². The monoisotopic (exact) mass is 365 g/mol. The summed E-state index contributed by atoms with van der Waals surface area (Å²) in [6, 6.07) is 14.2. The van der Waals surface area contributed by atoms with Gasteiger partial charge in [-0.05, 0) is 25.2 Å². The molecule has 1 heterocycles. The number of likely N-dealkylation sites (N-methyl/N-ethyl adjacent to an activating group) is 1. The molecular weight excluding hydrogens is 342 g/mol. The number of hydrogen-bond donors (Lipinski definition) is 1. The molecule has 0 aliphatic carbocycles. The number of fused-ring (bicyclic) bond motifs is 1. The molecule has 7 heteroatoms. The molecule has 0 saturated carbocycles. The third-order valence-electron chi connectivity index (χ3n) is 4.53. The highest BCUT2D eigenvalue weighted by molar-refractivity contribution is 5.90. The fraction of sp³-hybridized carbons (Fsp3) is 0.300. The number of nitrogens with one attached hydrogen (secondary N) is 1. The van der Waals surface area contributed by atoms with Gasteiger partial charge in [-0.1, -0.05) is 38.1 Å². The Hall–Kier alpha value is -3.06. The van der Waals surface area contributed by atoms with Crippen LogP contribution in [0.1, 0.15) is 13.8 Å². The summed E-state index contributed by atoms with van der Waals surface area (Å²) >= 11 is 0. The Morgan fingerprint density at radius 3 is 2.59 bits per heavy atom. The topological polar surface area (TPSA) is 84.2 Å². The Balaban J connectivity index is 1.95. The minimum atomic E-state index is -0.409. The van der Waals surface area contributed by atoms with Gasteiger partial charge in [-0.2, -0.15) is 0 Å². The van der Waals surface area contributed by atoms with Crippen molar-refractivity contribution in [2.45, 2.75) is 13.8 Å². The molecule has 0 amide bonds. The lowest BCUT2D eigenvalue weighted by Gasteiger charge is -2.18. The quantitative estimate of drug-likeness (QED) is 0.480. The Kier molecular flexibility index (Phi) is 5.93. The Labute approximate surface area is 158 Å². The summed E-state index contributed by atoms with van der Waals surface area (Å²) in [4.78, 5) is 22.3. The number of nitrogens with zero attached hydrogens (tertiary/aromatic N) is 4. The van der Waals surface area contributed by atoms with Crippen LogP contribution in [0.2, 0.25) is 0 Å². The zero-order valence-corrected chi connectivity index (χ0v) is 15.6. The summed E-state index contributed by atoms with van der Waals surface area (Å²) in [5.41, 5.74) is 1.46. The van der Waals surface area contributed by atoms with E-state index in [9.17, 15) is 10.1 Å². The van der Waals surface area contributed by atoms with Gasteiger partial charge in [-0.3, -0.25) is 10.1 Å². The first-order chi connectivity index (χ1) is 13.1. The van der Waals surface area contributed by atoms with E-state index >= 15 is 0 Å². The van der Waals surface area contributed by atoms with E-state index in [4.69, 9.17) is 0 Å². The van der Waals surface area contributed by atoms with Crippen LogP contribution in [0.15, 0.2) is 48.5 Å². The molecule has 1 aromatic heterocycles. The van der Waals surface area contributed by atoms with Crippen molar-refractivity contribution in [3.63, 3.8) is 0 Å². The standard InChI is InChI=1S/C20H23N5O2/c1-3-24(4-2)13-12-21-20-17-10-5-6-11-18(17)22-19(23-20)15-8-7-9-16(14-15)25(26)27/h5-11,14H,3-4,12-13H2,1-2H3,(H,21,22,23). The number of rotatable bonds is 8. The molecule has 0 fully saturated rings. The number of nitro benzene ring substituents is 1. The molecule has 0 spiro atoms. The van der Waals surface area contributed by atoms with Crippen molar-refractivity contribution >= 4 is 22.4 Å². The average molecular weight is 365 g/mol. The molecular formula is C20H23N5O2. The summed E-state index contributed by atoms with van der Waals surface area (Å²) in [5, 5.41) is 15.4. The lowest BCUT2D eigenvalue weighted by atomic mass is 10.1. The van der Waals surface area contributed by atoms with E-state index in [0.717, 1.165) is 42.9 Å². The fourth-order valence-corrected chi connectivity index (χ4v) is 2.97. The number of aromatic nitrogens is 2. The predicted octanol–water partition coefficient (Wildman–Crippen LogP) is 3.96.